The van der Waals surface area contributed by atoms with E-state index in [9.17, 15) is 4.79 Å². The third-order valence-corrected chi connectivity index (χ3v) is 4.94. The molecule has 6 nitrogen and oxygen atoms in total. The summed E-state index contributed by atoms with van der Waals surface area (Å²) in [6.07, 6.45) is 4.32. The monoisotopic (exact) mass is 365 g/mol. The lowest BCUT2D eigenvalue weighted by atomic mass is 10.1. The van der Waals surface area contributed by atoms with Gasteiger partial charge in [-0.3, -0.25) is 4.79 Å². The number of tetrazole rings is 1. The molecule has 0 unspecified atom stereocenters. The van der Waals surface area contributed by atoms with Crippen LogP contribution in [0.4, 0.5) is 5.69 Å². The number of amides is 1. The van der Waals surface area contributed by atoms with Gasteiger partial charge in [0.05, 0.1) is 6.04 Å². The smallest absolute Gasteiger partial charge is 0.255 e. The number of benzene rings is 2. The number of carbonyl (C=O) groups is 1. The van der Waals surface area contributed by atoms with Gasteiger partial charge in [0.2, 0.25) is 0 Å². The van der Waals surface area contributed by atoms with Crippen molar-refractivity contribution in [1.82, 2.24) is 20.2 Å². The van der Waals surface area contributed by atoms with Crippen molar-refractivity contribution in [1.29, 1.82) is 0 Å². The minimum Gasteiger partial charge on any atom is -0.322 e. The molecule has 1 aromatic heterocycles. The van der Waals surface area contributed by atoms with E-state index < -0.39 is 0 Å². The fraction of sp³-hybridized carbons (Fsp3) is 0.263. The SMILES string of the molecule is CSCc1ccc(C(=O)Nc2ccc(-c3nnnn3C3CC3)cc2)cc1. The first-order valence-electron chi connectivity index (χ1n) is 8.52. The van der Waals surface area contributed by atoms with Crippen LogP contribution in [0.5, 0.6) is 0 Å². The Hall–Kier alpha value is -2.67. The molecule has 1 N–H and O–H groups in total. The predicted octanol–water partition coefficient (Wildman–Crippen LogP) is 3.79. The normalized spacial score (nSPS) is 13.6. The average Bonchev–Trinajstić information content (AvgIpc) is 3.40. The minimum atomic E-state index is -0.115. The van der Waals surface area contributed by atoms with Crippen molar-refractivity contribution < 1.29 is 4.79 Å². The van der Waals surface area contributed by atoms with Crippen molar-refractivity contribution in [3.63, 3.8) is 0 Å². The van der Waals surface area contributed by atoms with E-state index >= 15 is 0 Å². The molecule has 1 fully saturated rings. The highest BCUT2D eigenvalue weighted by Gasteiger charge is 2.28. The third kappa shape index (κ3) is 3.62. The summed E-state index contributed by atoms with van der Waals surface area (Å²) < 4.78 is 1.88. The van der Waals surface area contributed by atoms with Crippen LogP contribution in [0.3, 0.4) is 0 Å². The summed E-state index contributed by atoms with van der Waals surface area (Å²) in [7, 11) is 0. The van der Waals surface area contributed by atoms with Crippen LogP contribution in [0.1, 0.15) is 34.8 Å². The zero-order valence-electron chi connectivity index (χ0n) is 14.4. The molecule has 0 radical (unpaired) electrons. The minimum absolute atomic E-state index is 0.115. The summed E-state index contributed by atoms with van der Waals surface area (Å²) in [5.74, 6) is 1.61. The van der Waals surface area contributed by atoms with Crippen molar-refractivity contribution in [3.05, 3.63) is 59.7 Å². The molecule has 2 aromatic carbocycles. The van der Waals surface area contributed by atoms with Crippen LogP contribution >= 0.6 is 11.8 Å². The van der Waals surface area contributed by atoms with Crippen molar-refractivity contribution in [3.8, 4) is 11.4 Å². The first-order valence-corrected chi connectivity index (χ1v) is 9.91. The summed E-state index contributed by atoms with van der Waals surface area (Å²) in [6.45, 7) is 0. The quantitative estimate of drug-likeness (QED) is 0.719. The fourth-order valence-corrected chi connectivity index (χ4v) is 3.30. The van der Waals surface area contributed by atoms with Gasteiger partial charge in [0, 0.05) is 22.6 Å². The average molecular weight is 365 g/mol. The number of nitrogens with one attached hydrogen (secondary N) is 1. The number of anilines is 1. The Morgan fingerprint density at radius 3 is 2.54 bits per heavy atom. The zero-order valence-corrected chi connectivity index (χ0v) is 15.2. The molecule has 1 amide bonds. The van der Waals surface area contributed by atoms with Crippen LogP contribution in [0, 0.1) is 0 Å². The summed E-state index contributed by atoms with van der Waals surface area (Å²) in [5.41, 5.74) is 3.56. The molecule has 1 aliphatic carbocycles. The number of hydrogen-bond acceptors (Lipinski definition) is 5. The van der Waals surface area contributed by atoms with Gasteiger partial charge in [-0.1, -0.05) is 12.1 Å². The Morgan fingerprint density at radius 2 is 1.88 bits per heavy atom. The molecule has 26 heavy (non-hydrogen) atoms. The summed E-state index contributed by atoms with van der Waals surface area (Å²) in [4.78, 5) is 12.4. The topological polar surface area (TPSA) is 72.7 Å². The number of aromatic nitrogens is 4. The number of hydrogen-bond donors (Lipinski definition) is 1. The van der Waals surface area contributed by atoms with Crippen molar-refractivity contribution >= 4 is 23.4 Å². The molecule has 0 bridgehead atoms. The highest BCUT2D eigenvalue weighted by Crippen LogP contribution is 2.36. The number of rotatable bonds is 6. The van der Waals surface area contributed by atoms with Gasteiger partial charge in [-0.25, -0.2) is 4.68 Å². The number of thioether (sulfide) groups is 1. The molecule has 1 aliphatic rings. The molecule has 0 atom stereocenters. The second-order valence-electron chi connectivity index (χ2n) is 6.34. The van der Waals surface area contributed by atoms with E-state index in [1.807, 2.05) is 53.2 Å². The second-order valence-corrected chi connectivity index (χ2v) is 7.21. The summed E-state index contributed by atoms with van der Waals surface area (Å²) >= 11 is 1.76. The summed E-state index contributed by atoms with van der Waals surface area (Å²) in [6, 6.07) is 15.7. The maximum absolute atomic E-state index is 12.4. The van der Waals surface area contributed by atoms with E-state index in [2.05, 4.69) is 27.1 Å². The Labute approximate surface area is 156 Å². The van der Waals surface area contributed by atoms with Crippen molar-refractivity contribution in [2.45, 2.75) is 24.6 Å². The molecule has 3 aromatic rings. The number of carbonyl (C=O) groups excluding carboxylic acids is 1. The van der Waals surface area contributed by atoms with E-state index in [0.29, 0.717) is 11.6 Å². The maximum atomic E-state index is 12.4. The lowest BCUT2D eigenvalue weighted by Crippen LogP contribution is -2.11. The maximum Gasteiger partial charge on any atom is 0.255 e. The van der Waals surface area contributed by atoms with Crippen LogP contribution < -0.4 is 5.32 Å². The lowest BCUT2D eigenvalue weighted by molar-refractivity contribution is 0.102. The third-order valence-electron chi connectivity index (χ3n) is 4.31. The molecule has 7 heteroatoms. The second kappa shape index (κ2) is 7.29. The van der Waals surface area contributed by atoms with Gasteiger partial charge in [0.1, 0.15) is 0 Å². The Bertz CT molecular complexity index is 900. The van der Waals surface area contributed by atoms with Gasteiger partial charge in [-0.05, 0) is 71.5 Å². The van der Waals surface area contributed by atoms with Gasteiger partial charge in [-0.15, -0.1) is 5.10 Å². The Kier molecular flexibility index (Phi) is 4.71. The Morgan fingerprint density at radius 1 is 1.15 bits per heavy atom. The van der Waals surface area contributed by atoms with Gasteiger partial charge < -0.3 is 5.32 Å². The molecule has 4 rings (SSSR count). The molecule has 1 heterocycles. The van der Waals surface area contributed by atoms with Crippen LogP contribution in [0.15, 0.2) is 48.5 Å². The lowest BCUT2D eigenvalue weighted by Gasteiger charge is -2.07. The fourth-order valence-electron chi connectivity index (χ4n) is 2.77. The molecular weight excluding hydrogens is 346 g/mol. The van der Waals surface area contributed by atoms with Crippen LogP contribution in [0.25, 0.3) is 11.4 Å². The van der Waals surface area contributed by atoms with Gasteiger partial charge in [-0.2, -0.15) is 11.8 Å². The van der Waals surface area contributed by atoms with E-state index in [-0.39, 0.29) is 5.91 Å². The van der Waals surface area contributed by atoms with Crippen LogP contribution in [-0.4, -0.2) is 32.4 Å². The largest absolute Gasteiger partial charge is 0.322 e. The van der Waals surface area contributed by atoms with Gasteiger partial charge >= 0.3 is 0 Å². The van der Waals surface area contributed by atoms with Crippen LogP contribution in [0.2, 0.25) is 0 Å². The first-order chi connectivity index (χ1) is 12.7. The predicted molar refractivity (Wildman–Crippen MR) is 103 cm³/mol. The first kappa shape index (κ1) is 16.8. The molecule has 0 aliphatic heterocycles. The van der Waals surface area contributed by atoms with Crippen molar-refractivity contribution in [2.24, 2.45) is 0 Å². The molecular formula is C19H19N5OS. The van der Waals surface area contributed by atoms with Gasteiger partial charge in [0.25, 0.3) is 5.91 Å². The Balaban J connectivity index is 1.45. The van der Waals surface area contributed by atoms with E-state index in [1.54, 1.807) is 11.8 Å². The molecule has 0 saturated heterocycles. The van der Waals surface area contributed by atoms with Gasteiger partial charge in [0.15, 0.2) is 5.82 Å². The standard InChI is InChI=1S/C19H19N5OS/c1-26-12-13-2-4-15(5-3-13)19(25)20-16-8-6-14(7-9-16)18-21-22-23-24(18)17-10-11-17/h2-9,17H,10-12H2,1H3,(H,20,25). The highest BCUT2D eigenvalue weighted by atomic mass is 32.2. The highest BCUT2D eigenvalue weighted by molar-refractivity contribution is 7.97. The number of nitrogens with zero attached hydrogens (tertiary/aromatic N) is 4. The zero-order chi connectivity index (χ0) is 17.9. The molecule has 132 valence electrons. The molecule has 1 saturated carbocycles. The summed E-state index contributed by atoms with van der Waals surface area (Å²) in [5, 5.41) is 14.9. The van der Waals surface area contributed by atoms with Crippen molar-refractivity contribution in [2.75, 3.05) is 11.6 Å². The molecule has 0 spiro atoms. The van der Waals surface area contributed by atoms with E-state index in [4.69, 9.17) is 0 Å². The van der Waals surface area contributed by atoms with E-state index in [1.165, 1.54) is 5.56 Å². The van der Waals surface area contributed by atoms with E-state index in [0.717, 1.165) is 35.7 Å². The van der Waals surface area contributed by atoms with Crippen LogP contribution in [-0.2, 0) is 5.75 Å².